The molecule has 3 N–H and O–H groups in total. The standard InChI is InChI=1S/C61H118O17P2/c1-7-9-11-13-14-15-21-26-33-39-45-60(65)77-56(49-71-58(63)43-37-29-12-10-8-2)51-75-79(67,68)73-47-55(62)48-74-80(69,70)76-52-57(50-72-59(64)44-38-32-28-23-25-31-36-42-54(5)6)78-61(66)46-40-34-27-22-19-17-16-18-20-24-30-35-41-53(3)4/h53-57,62H,7-52H2,1-6H3,(H,67,68)(H,69,70)/t55-,56+,57+/m0/s1. The zero-order chi connectivity index (χ0) is 59.4. The largest absolute Gasteiger partial charge is 0.472 e. The van der Waals surface area contributed by atoms with E-state index in [1.165, 1.54) is 103 Å². The lowest BCUT2D eigenvalue weighted by Crippen LogP contribution is -2.30. The Balaban J connectivity index is 5.17. The van der Waals surface area contributed by atoms with Gasteiger partial charge in [0.15, 0.2) is 12.2 Å². The van der Waals surface area contributed by atoms with Crippen LogP contribution in [0.15, 0.2) is 0 Å². The molecule has 0 aliphatic carbocycles. The van der Waals surface area contributed by atoms with Crippen LogP contribution in [0.2, 0.25) is 0 Å². The van der Waals surface area contributed by atoms with Crippen LogP contribution in [-0.4, -0.2) is 96.7 Å². The number of esters is 4. The van der Waals surface area contributed by atoms with Crippen LogP contribution < -0.4 is 0 Å². The highest BCUT2D eigenvalue weighted by Gasteiger charge is 2.30. The molecule has 0 spiro atoms. The molecule has 0 aromatic carbocycles. The van der Waals surface area contributed by atoms with Gasteiger partial charge < -0.3 is 33.8 Å². The Morgan fingerprint density at radius 1 is 0.338 bits per heavy atom. The van der Waals surface area contributed by atoms with E-state index in [4.69, 9.17) is 37.0 Å². The van der Waals surface area contributed by atoms with Crippen molar-refractivity contribution in [3.63, 3.8) is 0 Å². The summed E-state index contributed by atoms with van der Waals surface area (Å²) in [6, 6.07) is 0. The molecule has 19 heteroatoms. The number of hydrogen-bond donors (Lipinski definition) is 3. The van der Waals surface area contributed by atoms with E-state index in [1.54, 1.807) is 0 Å². The van der Waals surface area contributed by atoms with Crippen molar-refractivity contribution < 1.29 is 80.2 Å². The zero-order valence-corrected chi connectivity index (χ0v) is 53.2. The lowest BCUT2D eigenvalue weighted by molar-refractivity contribution is -0.161. The van der Waals surface area contributed by atoms with E-state index in [2.05, 4.69) is 41.5 Å². The summed E-state index contributed by atoms with van der Waals surface area (Å²) in [7, 11) is -9.87. The molecule has 0 aliphatic rings. The number of rotatable bonds is 60. The van der Waals surface area contributed by atoms with Gasteiger partial charge in [-0.1, -0.05) is 247 Å². The molecule has 0 radical (unpaired) electrons. The van der Waals surface area contributed by atoms with Crippen molar-refractivity contribution in [1.82, 2.24) is 0 Å². The first kappa shape index (κ1) is 78.1. The molecule has 0 aliphatic heterocycles. The monoisotopic (exact) mass is 1180 g/mol. The second-order valence-electron chi connectivity index (χ2n) is 23.0. The summed E-state index contributed by atoms with van der Waals surface area (Å²) in [4.78, 5) is 71.8. The molecule has 17 nitrogen and oxygen atoms in total. The van der Waals surface area contributed by atoms with Crippen molar-refractivity contribution in [3.05, 3.63) is 0 Å². The maximum Gasteiger partial charge on any atom is 0.472 e. The molecule has 0 saturated carbocycles. The highest BCUT2D eigenvalue weighted by molar-refractivity contribution is 7.47. The highest BCUT2D eigenvalue weighted by atomic mass is 31.2. The van der Waals surface area contributed by atoms with Gasteiger partial charge in [0.25, 0.3) is 0 Å². The molecule has 2 unspecified atom stereocenters. The number of carbonyl (C=O) groups excluding carboxylic acids is 4. The number of carbonyl (C=O) groups is 4. The molecule has 0 aromatic rings. The van der Waals surface area contributed by atoms with Gasteiger partial charge in [0.05, 0.1) is 26.4 Å². The number of phosphoric acid groups is 2. The Labute approximate surface area is 486 Å². The molecule has 80 heavy (non-hydrogen) atoms. The van der Waals surface area contributed by atoms with Crippen molar-refractivity contribution in [2.24, 2.45) is 11.8 Å². The minimum absolute atomic E-state index is 0.105. The van der Waals surface area contributed by atoms with E-state index in [0.29, 0.717) is 31.6 Å². The van der Waals surface area contributed by atoms with Crippen molar-refractivity contribution in [1.29, 1.82) is 0 Å². The summed E-state index contributed by atoms with van der Waals surface area (Å²) >= 11 is 0. The first-order chi connectivity index (χ1) is 38.4. The third-order valence-corrected chi connectivity index (χ3v) is 15.9. The highest BCUT2D eigenvalue weighted by Crippen LogP contribution is 2.45. The summed E-state index contributed by atoms with van der Waals surface area (Å²) in [5, 5.41) is 10.5. The molecule has 0 bridgehead atoms. The molecule has 474 valence electrons. The van der Waals surface area contributed by atoms with E-state index in [-0.39, 0.29) is 25.7 Å². The molecular formula is C61H118O17P2. The third-order valence-electron chi connectivity index (χ3n) is 14.0. The average Bonchev–Trinajstić information content (AvgIpc) is 3.41. The van der Waals surface area contributed by atoms with Crippen LogP contribution >= 0.6 is 15.6 Å². The number of aliphatic hydroxyl groups excluding tert-OH is 1. The fraction of sp³-hybridized carbons (Fsp3) is 0.934. The van der Waals surface area contributed by atoms with Crippen LogP contribution in [-0.2, 0) is 65.4 Å². The van der Waals surface area contributed by atoms with Gasteiger partial charge in [0.2, 0.25) is 0 Å². The maximum atomic E-state index is 12.9. The number of aliphatic hydroxyl groups is 1. The topological polar surface area (TPSA) is 237 Å². The van der Waals surface area contributed by atoms with Crippen LogP contribution in [0.3, 0.4) is 0 Å². The van der Waals surface area contributed by atoms with E-state index in [1.807, 2.05) is 0 Å². The lowest BCUT2D eigenvalue weighted by atomic mass is 10.0. The van der Waals surface area contributed by atoms with Gasteiger partial charge in [-0.2, -0.15) is 0 Å². The van der Waals surface area contributed by atoms with Crippen LogP contribution in [0.1, 0.15) is 298 Å². The molecule has 0 saturated heterocycles. The zero-order valence-electron chi connectivity index (χ0n) is 51.4. The third kappa shape index (κ3) is 55.3. The van der Waals surface area contributed by atoms with Gasteiger partial charge in [-0.3, -0.25) is 37.3 Å². The quantitative estimate of drug-likeness (QED) is 0.0222. The van der Waals surface area contributed by atoms with Gasteiger partial charge in [0.1, 0.15) is 19.3 Å². The van der Waals surface area contributed by atoms with Gasteiger partial charge >= 0.3 is 39.5 Å². The second kappa shape index (κ2) is 53.8. The minimum Gasteiger partial charge on any atom is -0.462 e. The van der Waals surface area contributed by atoms with E-state index in [0.717, 1.165) is 109 Å². The van der Waals surface area contributed by atoms with E-state index >= 15 is 0 Å². The second-order valence-corrected chi connectivity index (χ2v) is 25.9. The Morgan fingerprint density at radius 3 is 0.850 bits per heavy atom. The minimum atomic E-state index is -4.94. The predicted octanol–water partition coefficient (Wildman–Crippen LogP) is 16.5. The SMILES string of the molecule is CCCCCCCCCCCCC(=O)O[C@H](COC(=O)CCCCCCC)COP(=O)(O)OC[C@H](O)COP(=O)(O)OC[C@@H](COC(=O)CCCCCCCCCC(C)C)OC(=O)CCCCCCCCCCCCCCC(C)C. The molecule has 0 amide bonds. The molecule has 5 atom stereocenters. The van der Waals surface area contributed by atoms with Crippen LogP contribution in [0.5, 0.6) is 0 Å². The normalized spacial score (nSPS) is 14.4. The first-order valence-corrected chi connectivity index (χ1v) is 35.0. The van der Waals surface area contributed by atoms with Crippen molar-refractivity contribution in [2.45, 2.75) is 317 Å². The first-order valence-electron chi connectivity index (χ1n) is 32.0. The Hall–Kier alpha value is -1.94. The molecule has 0 rings (SSSR count). The number of phosphoric ester groups is 2. The number of ether oxygens (including phenoxy) is 4. The summed E-state index contributed by atoms with van der Waals surface area (Å²) in [6.07, 6.45) is 35.2. The molecule has 0 fully saturated rings. The maximum absolute atomic E-state index is 12.9. The van der Waals surface area contributed by atoms with Crippen molar-refractivity contribution in [2.75, 3.05) is 39.6 Å². The van der Waals surface area contributed by atoms with Crippen LogP contribution in [0.25, 0.3) is 0 Å². The predicted molar refractivity (Wildman–Crippen MR) is 317 cm³/mol. The van der Waals surface area contributed by atoms with E-state index < -0.39 is 97.5 Å². The summed E-state index contributed by atoms with van der Waals surface area (Å²) in [5.74, 6) is -0.668. The van der Waals surface area contributed by atoms with Gasteiger partial charge in [-0.05, 0) is 37.5 Å². The fourth-order valence-electron chi connectivity index (χ4n) is 9.00. The van der Waals surface area contributed by atoms with Gasteiger partial charge in [0, 0.05) is 25.7 Å². The number of unbranched alkanes of at least 4 members (excludes halogenated alkanes) is 30. The van der Waals surface area contributed by atoms with Crippen molar-refractivity contribution in [3.8, 4) is 0 Å². The van der Waals surface area contributed by atoms with Gasteiger partial charge in [-0.15, -0.1) is 0 Å². The van der Waals surface area contributed by atoms with Gasteiger partial charge in [-0.25, -0.2) is 9.13 Å². The van der Waals surface area contributed by atoms with E-state index in [9.17, 15) is 43.2 Å². The molecular weight excluding hydrogens is 1070 g/mol. The molecule has 0 heterocycles. The molecule has 0 aromatic heterocycles. The van der Waals surface area contributed by atoms with Crippen molar-refractivity contribution >= 4 is 39.5 Å². The van der Waals surface area contributed by atoms with Crippen LogP contribution in [0.4, 0.5) is 0 Å². The summed E-state index contributed by atoms with van der Waals surface area (Å²) < 4.78 is 67.7. The Bertz CT molecular complexity index is 1580. The number of hydrogen-bond acceptors (Lipinski definition) is 15. The smallest absolute Gasteiger partial charge is 0.462 e. The fourth-order valence-corrected chi connectivity index (χ4v) is 10.6. The lowest BCUT2D eigenvalue weighted by Gasteiger charge is -2.21. The van der Waals surface area contributed by atoms with Crippen LogP contribution in [0, 0.1) is 11.8 Å². The summed E-state index contributed by atoms with van der Waals surface area (Å²) in [6.45, 7) is 9.33. The Morgan fingerprint density at radius 2 is 0.575 bits per heavy atom. The Kier molecular flexibility index (Phi) is 52.5. The average molecular weight is 1190 g/mol. The summed E-state index contributed by atoms with van der Waals surface area (Å²) in [5.41, 5.74) is 0.